The maximum Gasteiger partial charge on any atom is 0.244 e. The highest BCUT2D eigenvalue weighted by molar-refractivity contribution is 7.92. The van der Waals surface area contributed by atoms with Gasteiger partial charge in [0.1, 0.15) is 12.6 Å². The molecule has 1 unspecified atom stereocenters. The average Bonchev–Trinajstić information content (AvgIpc) is 2.90. The summed E-state index contributed by atoms with van der Waals surface area (Å²) in [5.41, 5.74) is 2.58. The molecule has 1 atom stereocenters. The van der Waals surface area contributed by atoms with Gasteiger partial charge in [-0.25, -0.2) is 8.42 Å². The first-order valence-corrected chi connectivity index (χ1v) is 17.3. The van der Waals surface area contributed by atoms with Crippen LogP contribution in [0.5, 0.6) is 0 Å². The van der Waals surface area contributed by atoms with Crippen LogP contribution in [0.4, 0.5) is 5.69 Å². The third-order valence-electron chi connectivity index (χ3n) is 9.63. The second-order valence-corrected chi connectivity index (χ2v) is 16.2. The molecule has 2 amide bonds. The monoisotopic (exact) mass is 593 g/mol. The standard InChI is InChI=1S/C34H47N3O4S/c1-24(32(39)35-33(2,3)4)36(16-15-25-9-7-6-8-10-25)31(38)23-37(42(5,40)41)30-13-11-29(12-14-30)34-20-26-17-27(21-34)19-28(18-26)22-34/h6-14,24,26-28H,15-23H2,1-5H3,(H,35,39). The molecule has 0 saturated heterocycles. The minimum Gasteiger partial charge on any atom is -0.350 e. The van der Waals surface area contributed by atoms with E-state index >= 15 is 0 Å². The fourth-order valence-electron chi connectivity index (χ4n) is 8.10. The van der Waals surface area contributed by atoms with E-state index < -0.39 is 27.5 Å². The first-order chi connectivity index (χ1) is 19.7. The molecule has 4 saturated carbocycles. The highest BCUT2D eigenvalue weighted by Gasteiger charge is 2.51. The Balaban J connectivity index is 1.36. The van der Waals surface area contributed by atoms with Crippen LogP contribution in [0.15, 0.2) is 54.6 Å². The molecular formula is C34H47N3O4S. The summed E-state index contributed by atoms with van der Waals surface area (Å²) in [5.74, 6) is 1.79. The Morgan fingerprint density at radius 3 is 1.98 bits per heavy atom. The van der Waals surface area contributed by atoms with Gasteiger partial charge in [-0.15, -0.1) is 0 Å². The Labute approximate surface area is 252 Å². The number of amides is 2. The smallest absolute Gasteiger partial charge is 0.244 e. The van der Waals surface area contributed by atoms with Crippen molar-refractivity contribution < 1.29 is 18.0 Å². The van der Waals surface area contributed by atoms with Gasteiger partial charge in [-0.1, -0.05) is 42.5 Å². The highest BCUT2D eigenvalue weighted by Crippen LogP contribution is 2.60. The number of carbonyl (C=O) groups excluding carboxylic acids is 2. The minimum atomic E-state index is -3.76. The normalized spacial score (nSPS) is 25.6. The van der Waals surface area contributed by atoms with Crippen LogP contribution >= 0.6 is 0 Å². The predicted molar refractivity (Wildman–Crippen MR) is 168 cm³/mol. The van der Waals surface area contributed by atoms with Crippen molar-refractivity contribution in [2.75, 3.05) is 23.7 Å². The summed E-state index contributed by atoms with van der Waals surface area (Å²) < 4.78 is 27.3. The number of hydrogen-bond donors (Lipinski definition) is 1. The van der Waals surface area contributed by atoms with Crippen LogP contribution in [0.2, 0.25) is 0 Å². The molecule has 2 aromatic rings. The van der Waals surface area contributed by atoms with E-state index in [1.807, 2.05) is 63.2 Å². The summed E-state index contributed by atoms with van der Waals surface area (Å²) in [6, 6.07) is 16.9. The number of hydrogen-bond acceptors (Lipinski definition) is 4. The van der Waals surface area contributed by atoms with E-state index in [9.17, 15) is 18.0 Å². The lowest BCUT2D eigenvalue weighted by Crippen LogP contribution is -2.55. The van der Waals surface area contributed by atoms with E-state index in [2.05, 4.69) is 17.4 Å². The maximum absolute atomic E-state index is 13.8. The lowest BCUT2D eigenvalue weighted by atomic mass is 9.48. The molecule has 0 radical (unpaired) electrons. The average molecular weight is 594 g/mol. The van der Waals surface area contributed by atoms with Crippen molar-refractivity contribution in [3.8, 4) is 0 Å². The van der Waals surface area contributed by atoms with Crippen LogP contribution in [0, 0.1) is 17.8 Å². The Morgan fingerprint density at radius 2 is 1.48 bits per heavy atom. The van der Waals surface area contributed by atoms with Gasteiger partial charge in [0, 0.05) is 12.1 Å². The van der Waals surface area contributed by atoms with Gasteiger partial charge in [0.2, 0.25) is 21.8 Å². The Hall–Kier alpha value is -2.87. The lowest BCUT2D eigenvalue weighted by Gasteiger charge is -2.57. The molecule has 8 heteroatoms. The van der Waals surface area contributed by atoms with E-state index in [1.165, 1.54) is 53.3 Å². The van der Waals surface area contributed by atoms with E-state index in [-0.39, 0.29) is 17.9 Å². The molecule has 7 nitrogen and oxygen atoms in total. The summed E-state index contributed by atoms with van der Waals surface area (Å²) >= 11 is 0. The molecule has 42 heavy (non-hydrogen) atoms. The van der Waals surface area contributed by atoms with E-state index in [0.29, 0.717) is 18.7 Å². The van der Waals surface area contributed by atoms with Gasteiger partial charge < -0.3 is 10.2 Å². The van der Waals surface area contributed by atoms with E-state index in [1.54, 1.807) is 6.92 Å². The minimum absolute atomic E-state index is 0.211. The number of rotatable bonds is 10. The van der Waals surface area contributed by atoms with Gasteiger partial charge in [-0.3, -0.25) is 13.9 Å². The number of sulfonamides is 1. The second-order valence-electron chi connectivity index (χ2n) is 14.3. The van der Waals surface area contributed by atoms with Crippen molar-refractivity contribution in [3.63, 3.8) is 0 Å². The van der Waals surface area contributed by atoms with Crippen molar-refractivity contribution in [3.05, 3.63) is 65.7 Å². The number of carbonyl (C=O) groups is 2. The summed E-state index contributed by atoms with van der Waals surface area (Å²) in [5, 5.41) is 2.96. The first-order valence-electron chi connectivity index (χ1n) is 15.5. The molecule has 4 fully saturated rings. The molecule has 0 heterocycles. The zero-order valence-electron chi connectivity index (χ0n) is 25.8. The zero-order valence-corrected chi connectivity index (χ0v) is 26.6. The van der Waals surface area contributed by atoms with Gasteiger partial charge in [0.25, 0.3) is 0 Å². The van der Waals surface area contributed by atoms with Crippen molar-refractivity contribution in [2.24, 2.45) is 17.8 Å². The van der Waals surface area contributed by atoms with Crippen molar-refractivity contribution in [1.29, 1.82) is 0 Å². The van der Waals surface area contributed by atoms with Crippen LogP contribution in [0.1, 0.15) is 77.3 Å². The molecule has 2 aromatic carbocycles. The first kappa shape index (κ1) is 30.6. The molecule has 0 spiro atoms. The third-order valence-corrected chi connectivity index (χ3v) is 10.8. The Bertz CT molecular complexity index is 1350. The molecule has 4 aliphatic carbocycles. The van der Waals surface area contributed by atoms with Gasteiger partial charge in [-0.05, 0) is 119 Å². The molecule has 228 valence electrons. The Morgan fingerprint density at radius 1 is 0.929 bits per heavy atom. The molecule has 6 rings (SSSR count). The molecule has 4 bridgehead atoms. The van der Waals surface area contributed by atoms with Gasteiger partial charge >= 0.3 is 0 Å². The van der Waals surface area contributed by atoms with Gasteiger partial charge in [-0.2, -0.15) is 0 Å². The molecule has 0 aromatic heterocycles. The third kappa shape index (κ3) is 6.85. The SMILES string of the molecule is CC(C(=O)NC(C)(C)C)N(CCc1ccccc1)C(=O)CN(c1ccc(C23CC4CC(CC(C4)C2)C3)cc1)S(C)(=O)=O. The Kier molecular flexibility index (Phi) is 8.49. The molecule has 4 aliphatic rings. The van der Waals surface area contributed by atoms with Crippen LogP contribution in [-0.2, 0) is 31.4 Å². The summed E-state index contributed by atoms with van der Waals surface area (Å²) in [7, 11) is -3.76. The summed E-state index contributed by atoms with van der Waals surface area (Å²) in [6.45, 7) is 7.32. The van der Waals surface area contributed by atoms with Crippen LogP contribution < -0.4 is 9.62 Å². The highest BCUT2D eigenvalue weighted by atomic mass is 32.2. The van der Waals surface area contributed by atoms with E-state index in [4.69, 9.17) is 0 Å². The topological polar surface area (TPSA) is 86.8 Å². The van der Waals surface area contributed by atoms with Crippen molar-refractivity contribution >= 4 is 27.5 Å². The van der Waals surface area contributed by atoms with E-state index in [0.717, 1.165) is 29.6 Å². The van der Waals surface area contributed by atoms with Crippen LogP contribution in [0.3, 0.4) is 0 Å². The molecule has 1 N–H and O–H groups in total. The fourth-order valence-corrected chi connectivity index (χ4v) is 8.95. The predicted octanol–water partition coefficient (Wildman–Crippen LogP) is 5.29. The number of benzene rings is 2. The quantitative estimate of drug-likeness (QED) is 0.405. The zero-order chi connectivity index (χ0) is 30.3. The molecular weight excluding hydrogens is 546 g/mol. The molecule has 0 aliphatic heterocycles. The van der Waals surface area contributed by atoms with Crippen molar-refractivity contribution in [1.82, 2.24) is 10.2 Å². The maximum atomic E-state index is 13.8. The largest absolute Gasteiger partial charge is 0.350 e. The second kappa shape index (κ2) is 11.7. The number of nitrogens with one attached hydrogen (secondary N) is 1. The summed E-state index contributed by atoms with van der Waals surface area (Å²) in [4.78, 5) is 28.5. The van der Waals surface area contributed by atoms with Crippen LogP contribution in [-0.4, -0.2) is 56.1 Å². The van der Waals surface area contributed by atoms with Crippen molar-refractivity contribution in [2.45, 2.75) is 89.6 Å². The van der Waals surface area contributed by atoms with Gasteiger partial charge in [0.05, 0.1) is 11.9 Å². The fraction of sp³-hybridized carbons (Fsp3) is 0.588. The number of anilines is 1. The lowest BCUT2D eigenvalue weighted by molar-refractivity contribution is -0.139. The van der Waals surface area contributed by atoms with Crippen LogP contribution in [0.25, 0.3) is 0 Å². The van der Waals surface area contributed by atoms with Gasteiger partial charge in [0.15, 0.2) is 0 Å². The summed E-state index contributed by atoms with van der Waals surface area (Å²) in [6.07, 6.45) is 9.50. The number of nitrogens with zero attached hydrogens (tertiary/aromatic N) is 2.